The number of hydrogen-bond acceptors (Lipinski definition) is 4. The van der Waals surface area contributed by atoms with Gasteiger partial charge in [-0.05, 0) is 49.6 Å². The van der Waals surface area contributed by atoms with E-state index in [-0.39, 0.29) is 21.0 Å². The molecule has 2 heterocycles. The van der Waals surface area contributed by atoms with E-state index in [1.807, 2.05) is 19.1 Å². The van der Waals surface area contributed by atoms with Crippen molar-refractivity contribution in [2.45, 2.75) is 25.7 Å². The zero-order valence-corrected chi connectivity index (χ0v) is 15.0. The minimum atomic E-state index is -3.82. The highest BCUT2D eigenvalue weighted by Gasteiger charge is 2.25. The maximum atomic E-state index is 13.1. The highest BCUT2D eigenvalue weighted by molar-refractivity contribution is 7.90. The van der Waals surface area contributed by atoms with Crippen molar-refractivity contribution in [3.63, 3.8) is 0 Å². The van der Waals surface area contributed by atoms with Gasteiger partial charge in [0, 0.05) is 6.20 Å². The molecule has 0 radical (unpaired) electrons. The standard InChI is InChI=1S/C15H13Cl2N3O2S/c1-8-6-9(2)12(10(3)7-8)23(21,22)20-5-4-11-13(16)18-15(17)19-14(11)20/h4-7H,1-3H3. The summed E-state index contributed by atoms with van der Waals surface area (Å²) in [4.78, 5) is 8.10. The van der Waals surface area contributed by atoms with Crippen LogP contribution < -0.4 is 0 Å². The Morgan fingerprint density at radius 2 is 1.65 bits per heavy atom. The molecule has 0 fully saturated rings. The Kier molecular flexibility index (Phi) is 3.86. The minimum Gasteiger partial charge on any atom is -0.224 e. The molecular formula is C15H13Cl2N3O2S. The van der Waals surface area contributed by atoms with Crippen molar-refractivity contribution < 1.29 is 8.42 Å². The highest BCUT2D eigenvalue weighted by Crippen LogP contribution is 2.29. The molecule has 0 aliphatic heterocycles. The van der Waals surface area contributed by atoms with E-state index < -0.39 is 10.0 Å². The van der Waals surface area contributed by atoms with Gasteiger partial charge < -0.3 is 0 Å². The van der Waals surface area contributed by atoms with Gasteiger partial charge in [-0.15, -0.1) is 0 Å². The predicted octanol–water partition coefficient (Wildman–Crippen LogP) is 3.90. The molecule has 3 rings (SSSR count). The number of halogens is 2. The van der Waals surface area contributed by atoms with Crippen LogP contribution in [0.1, 0.15) is 16.7 Å². The van der Waals surface area contributed by atoms with Crippen molar-refractivity contribution in [1.82, 2.24) is 13.9 Å². The quantitative estimate of drug-likeness (QED) is 0.507. The van der Waals surface area contributed by atoms with Gasteiger partial charge in [-0.25, -0.2) is 17.4 Å². The van der Waals surface area contributed by atoms with Crippen LogP contribution in [0.2, 0.25) is 10.4 Å². The number of hydrogen-bond donors (Lipinski definition) is 0. The molecule has 1 aromatic carbocycles. The molecule has 0 saturated heterocycles. The Balaban J connectivity index is 2.35. The number of benzene rings is 1. The van der Waals surface area contributed by atoms with Crippen LogP contribution in [0.15, 0.2) is 29.3 Å². The minimum absolute atomic E-state index is 0.102. The van der Waals surface area contributed by atoms with Gasteiger partial charge in [-0.3, -0.25) is 0 Å². The Morgan fingerprint density at radius 3 is 2.26 bits per heavy atom. The highest BCUT2D eigenvalue weighted by atomic mass is 35.5. The average molecular weight is 370 g/mol. The van der Waals surface area contributed by atoms with Gasteiger partial charge in [0.1, 0.15) is 5.15 Å². The molecule has 0 amide bonds. The predicted molar refractivity (Wildman–Crippen MR) is 90.8 cm³/mol. The van der Waals surface area contributed by atoms with E-state index >= 15 is 0 Å². The summed E-state index contributed by atoms with van der Waals surface area (Å²) in [6.07, 6.45) is 1.41. The van der Waals surface area contributed by atoms with Crippen molar-refractivity contribution >= 4 is 44.3 Å². The van der Waals surface area contributed by atoms with E-state index in [0.717, 1.165) is 9.54 Å². The Morgan fingerprint density at radius 1 is 1.04 bits per heavy atom. The first-order valence-electron chi connectivity index (χ1n) is 6.75. The second-order valence-electron chi connectivity index (χ2n) is 5.37. The van der Waals surface area contributed by atoms with Gasteiger partial charge in [0.05, 0.1) is 10.3 Å². The maximum absolute atomic E-state index is 13.1. The lowest BCUT2D eigenvalue weighted by Gasteiger charge is -2.13. The smallest absolute Gasteiger partial charge is 0.224 e. The van der Waals surface area contributed by atoms with E-state index in [2.05, 4.69) is 9.97 Å². The molecule has 0 N–H and O–H groups in total. The lowest BCUT2D eigenvalue weighted by molar-refractivity contribution is 0.587. The summed E-state index contributed by atoms with van der Waals surface area (Å²) in [5, 5.41) is 0.448. The molecule has 0 bridgehead atoms. The fourth-order valence-corrected chi connectivity index (χ4v) is 4.95. The van der Waals surface area contributed by atoms with Crippen LogP contribution in [0.4, 0.5) is 0 Å². The molecular weight excluding hydrogens is 357 g/mol. The Hall–Kier alpha value is -1.63. The van der Waals surface area contributed by atoms with Crippen molar-refractivity contribution in [3.05, 3.63) is 51.5 Å². The topological polar surface area (TPSA) is 64.8 Å². The van der Waals surface area contributed by atoms with Gasteiger partial charge >= 0.3 is 0 Å². The monoisotopic (exact) mass is 369 g/mol. The van der Waals surface area contributed by atoms with Gasteiger partial charge in [-0.1, -0.05) is 29.3 Å². The molecule has 23 heavy (non-hydrogen) atoms. The van der Waals surface area contributed by atoms with Crippen molar-refractivity contribution in [2.24, 2.45) is 0 Å². The second-order valence-corrected chi connectivity index (χ2v) is 7.81. The number of rotatable bonds is 2. The summed E-state index contributed by atoms with van der Waals surface area (Å²) in [6, 6.07) is 5.23. The summed E-state index contributed by atoms with van der Waals surface area (Å²) < 4.78 is 27.3. The Bertz CT molecular complexity index is 1020. The van der Waals surface area contributed by atoms with E-state index in [0.29, 0.717) is 16.5 Å². The number of aromatic nitrogens is 3. The molecule has 8 heteroatoms. The van der Waals surface area contributed by atoms with Gasteiger partial charge in [0.2, 0.25) is 5.28 Å². The first kappa shape index (κ1) is 16.2. The summed E-state index contributed by atoms with van der Waals surface area (Å²) in [5.74, 6) is 0. The number of fused-ring (bicyclic) bond motifs is 1. The van der Waals surface area contributed by atoms with Crippen LogP contribution in [0.25, 0.3) is 11.0 Å². The normalized spacial score (nSPS) is 12.0. The molecule has 120 valence electrons. The third-order valence-corrected chi connectivity index (χ3v) is 5.99. The average Bonchev–Trinajstić information content (AvgIpc) is 2.81. The van der Waals surface area contributed by atoms with Crippen molar-refractivity contribution in [1.29, 1.82) is 0 Å². The molecule has 0 atom stereocenters. The third-order valence-electron chi connectivity index (χ3n) is 3.56. The molecule has 0 unspecified atom stereocenters. The van der Waals surface area contributed by atoms with Crippen LogP contribution in [0.5, 0.6) is 0 Å². The van der Waals surface area contributed by atoms with Crippen LogP contribution in [0, 0.1) is 20.8 Å². The van der Waals surface area contributed by atoms with Crippen LogP contribution in [-0.4, -0.2) is 22.4 Å². The maximum Gasteiger partial charge on any atom is 0.269 e. The van der Waals surface area contributed by atoms with Crippen LogP contribution >= 0.6 is 23.2 Å². The van der Waals surface area contributed by atoms with E-state index in [9.17, 15) is 8.42 Å². The van der Waals surface area contributed by atoms with E-state index in [1.54, 1.807) is 19.9 Å². The summed E-state index contributed by atoms with van der Waals surface area (Å²) in [7, 11) is -3.82. The summed E-state index contributed by atoms with van der Waals surface area (Å²) in [6.45, 7) is 5.47. The van der Waals surface area contributed by atoms with Gasteiger partial charge in [0.15, 0.2) is 5.65 Å². The first-order valence-corrected chi connectivity index (χ1v) is 8.95. The van der Waals surface area contributed by atoms with Crippen molar-refractivity contribution in [3.8, 4) is 0 Å². The second kappa shape index (κ2) is 5.47. The summed E-state index contributed by atoms with van der Waals surface area (Å²) >= 11 is 11.8. The van der Waals surface area contributed by atoms with Gasteiger partial charge in [0.25, 0.3) is 10.0 Å². The van der Waals surface area contributed by atoms with Gasteiger partial charge in [-0.2, -0.15) is 4.98 Å². The van der Waals surface area contributed by atoms with E-state index in [4.69, 9.17) is 23.2 Å². The Labute approximate surface area is 143 Å². The number of aryl methyl sites for hydroxylation is 3. The molecule has 5 nitrogen and oxygen atoms in total. The molecule has 0 aliphatic carbocycles. The molecule has 0 aliphatic rings. The largest absolute Gasteiger partial charge is 0.269 e. The summed E-state index contributed by atoms with van der Waals surface area (Å²) in [5.41, 5.74) is 2.52. The molecule has 3 aromatic rings. The molecule has 0 spiro atoms. The lowest BCUT2D eigenvalue weighted by Crippen LogP contribution is -2.15. The first-order chi connectivity index (χ1) is 10.7. The fraction of sp³-hybridized carbons (Fsp3) is 0.200. The van der Waals surface area contributed by atoms with Crippen molar-refractivity contribution in [2.75, 3.05) is 0 Å². The number of nitrogens with zero attached hydrogens (tertiary/aromatic N) is 3. The fourth-order valence-electron chi connectivity index (χ4n) is 2.80. The third kappa shape index (κ3) is 2.60. The van der Waals surface area contributed by atoms with E-state index in [1.165, 1.54) is 6.20 Å². The zero-order chi connectivity index (χ0) is 16.9. The molecule has 2 aromatic heterocycles. The zero-order valence-electron chi connectivity index (χ0n) is 12.6. The van der Waals surface area contributed by atoms with Crippen LogP contribution in [0.3, 0.4) is 0 Å². The lowest BCUT2D eigenvalue weighted by atomic mass is 10.1. The SMILES string of the molecule is Cc1cc(C)c(S(=O)(=O)n2ccc3c(Cl)nc(Cl)nc32)c(C)c1. The van der Waals surface area contributed by atoms with Crippen LogP contribution in [-0.2, 0) is 10.0 Å². The molecule has 0 saturated carbocycles.